The second kappa shape index (κ2) is 5.92. The van der Waals surface area contributed by atoms with Gasteiger partial charge in [-0.05, 0) is 43.0 Å². The number of carbonyl (C=O) groups is 1. The Labute approximate surface area is 142 Å². The highest BCUT2D eigenvalue weighted by atomic mass is 35.5. The summed E-state index contributed by atoms with van der Waals surface area (Å²) in [6.45, 7) is 4.17. The monoisotopic (exact) mass is 349 g/mol. The molecule has 1 heterocycles. The summed E-state index contributed by atoms with van der Waals surface area (Å²) in [5, 5.41) is 4.77. The smallest absolute Gasteiger partial charge is 0.258 e. The molecule has 0 bridgehead atoms. The van der Waals surface area contributed by atoms with Crippen LogP contribution in [0.3, 0.4) is 0 Å². The first-order valence-electron chi connectivity index (χ1n) is 6.73. The predicted molar refractivity (Wildman–Crippen MR) is 95.7 cm³/mol. The van der Waals surface area contributed by atoms with Gasteiger partial charge in [-0.15, -0.1) is 11.3 Å². The van der Waals surface area contributed by atoms with Crippen LogP contribution in [0.5, 0.6) is 0 Å². The highest BCUT2D eigenvalue weighted by Gasteiger charge is 2.16. The van der Waals surface area contributed by atoms with E-state index in [1.54, 1.807) is 29.5 Å². The fraction of sp³-hybridized carbons (Fsp3) is 0.118. The molecule has 0 aliphatic carbocycles. The Morgan fingerprint density at radius 2 is 1.68 bits per heavy atom. The van der Waals surface area contributed by atoms with Crippen LogP contribution in [0.4, 0.5) is 5.69 Å². The Morgan fingerprint density at radius 1 is 1.05 bits per heavy atom. The minimum absolute atomic E-state index is 0.299. The Hall–Kier alpha value is -1.55. The van der Waals surface area contributed by atoms with Crippen LogP contribution in [-0.4, -0.2) is 5.91 Å². The lowest BCUT2D eigenvalue weighted by Gasteiger charge is -2.09. The zero-order valence-electron chi connectivity index (χ0n) is 12.0. The number of nitrogens with one attached hydrogen (secondary N) is 1. The quantitative estimate of drug-likeness (QED) is 0.596. The van der Waals surface area contributed by atoms with E-state index in [9.17, 15) is 4.79 Å². The topological polar surface area (TPSA) is 29.1 Å². The maximum atomic E-state index is 12.5. The van der Waals surface area contributed by atoms with E-state index in [0.717, 1.165) is 15.8 Å². The van der Waals surface area contributed by atoms with E-state index in [0.29, 0.717) is 15.6 Å². The van der Waals surface area contributed by atoms with Crippen LogP contribution in [0.2, 0.25) is 10.0 Å². The van der Waals surface area contributed by atoms with E-state index >= 15 is 0 Å². The average Bonchev–Trinajstić information content (AvgIpc) is 2.76. The summed E-state index contributed by atoms with van der Waals surface area (Å²) in [5.41, 5.74) is 2.32. The molecular formula is C17H13Cl2NOS. The van der Waals surface area contributed by atoms with Crippen molar-refractivity contribution in [3.63, 3.8) is 0 Å². The van der Waals surface area contributed by atoms with Crippen molar-refractivity contribution in [3.8, 4) is 0 Å². The Kier molecular flexibility index (Phi) is 4.13. The van der Waals surface area contributed by atoms with Gasteiger partial charge in [-0.1, -0.05) is 41.4 Å². The molecule has 1 aromatic heterocycles. The van der Waals surface area contributed by atoms with Gasteiger partial charge >= 0.3 is 0 Å². The molecule has 2 nitrogen and oxygen atoms in total. The number of thiophene rings is 1. The van der Waals surface area contributed by atoms with Crippen molar-refractivity contribution in [2.75, 3.05) is 5.32 Å². The van der Waals surface area contributed by atoms with E-state index in [4.69, 9.17) is 23.2 Å². The number of halogens is 2. The van der Waals surface area contributed by atoms with Crippen molar-refractivity contribution < 1.29 is 4.79 Å². The molecule has 0 saturated carbocycles. The lowest BCUT2D eigenvalue weighted by molar-refractivity contribution is 0.102. The SMILES string of the molecule is Cc1sc2c(NC(=O)c3c(Cl)cccc3Cl)cccc2c1C. The zero-order valence-corrected chi connectivity index (χ0v) is 14.4. The molecule has 1 N–H and O–H groups in total. The summed E-state index contributed by atoms with van der Waals surface area (Å²) in [6.07, 6.45) is 0. The molecule has 0 aliphatic heterocycles. The lowest BCUT2D eigenvalue weighted by atomic mass is 10.1. The van der Waals surface area contributed by atoms with Gasteiger partial charge < -0.3 is 5.32 Å². The standard InChI is InChI=1S/C17H13Cl2NOS/c1-9-10(2)22-16-11(9)5-3-8-14(16)20-17(21)15-12(18)6-4-7-13(15)19/h3-8H,1-2H3,(H,20,21). The van der Waals surface area contributed by atoms with Crippen LogP contribution in [0.25, 0.3) is 10.1 Å². The molecule has 0 radical (unpaired) electrons. The summed E-state index contributed by atoms with van der Waals surface area (Å²) < 4.78 is 1.06. The van der Waals surface area contributed by atoms with Gasteiger partial charge in [0.15, 0.2) is 0 Å². The van der Waals surface area contributed by atoms with Crippen molar-refractivity contribution in [2.24, 2.45) is 0 Å². The molecule has 0 aliphatic rings. The van der Waals surface area contributed by atoms with E-state index < -0.39 is 0 Å². The second-order valence-electron chi connectivity index (χ2n) is 5.02. The fourth-order valence-corrected chi connectivity index (χ4v) is 4.06. The van der Waals surface area contributed by atoms with E-state index in [1.807, 2.05) is 12.1 Å². The van der Waals surface area contributed by atoms with Crippen LogP contribution < -0.4 is 5.32 Å². The highest BCUT2D eigenvalue weighted by molar-refractivity contribution is 7.19. The lowest BCUT2D eigenvalue weighted by Crippen LogP contribution is -2.13. The van der Waals surface area contributed by atoms with Crippen LogP contribution >= 0.6 is 34.5 Å². The van der Waals surface area contributed by atoms with Gasteiger partial charge in [0.05, 0.1) is 26.0 Å². The van der Waals surface area contributed by atoms with Crippen LogP contribution in [0.1, 0.15) is 20.8 Å². The summed E-state index contributed by atoms with van der Waals surface area (Å²) in [4.78, 5) is 13.8. The van der Waals surface area contributed by atoms with Gasteiger partial charge in [0.2, 0.25) is 0 Å². The number of aryl methyl sites for hydroxylation is 2. The third-order valence-corrected chi connectivity index (χ3v) is 5.53. The molecule has 2 aromatic carbocycles. The number of anilines is 1. The van der Waals surface area contributed by atoms with Gasteiger partial charge in [-0.3, -0.25) is 4.79 Å². The number of amides is 1. The third-order valence-electron chi connectivity index (χ3n) is 3.64. The van der Waals surface area contributed by atoms with Crippen LogP contribution in [0.15, 0.2) is 36.4 Å². The number of hydrogen-bond donors (Lipinski definition) is 1. The summed E-state index contributed by atoms with van der Waals surface area (Å²) in [6, 6.07) is 10.9. The summed E-state index contributed by atoms with van der Waals surface area (Å²) in [7, 11) is 0. The van der Waals surface area contributed by atoms with Gasteiger partial charge in [0, 0.05) is 4.88 Å². The summed E-state index contributed by atoms with van der Waals surface area (Å²) >= 11 is 13.9. The Bertz CT molecular complexity index is 865. The molecule has 0 unspecified atom stereocenters. The largest absolute Gasteiger partial charge is 0.321 e. The Balaban J connectivity index is 2.04. The van der Waals surface area contributed by atoms with Gasteiger partial charge in [-0.2, -0.15) is 0 Å². The van der Waals surface area contributed by atoms with Crippen molar-refractivity contribution in [3.05, 3.63) is 62.4 Å². The number of hydrogen-bond acceptors (Lipinski definition) is 2. The minimum atomic E-state index is -0.299. The number of fused-ring (bicyclic) bond motifs is 1. The number of benzene rings is 2. The normalized spacial score (nSPS) is 10.9. The fourth-order valence-electron chi connectivity index (χ4n) is 2.36. The molecule has 0 spiro atoms. The molecule has 0 fully saturated rings. The molecular weight excluding hydrogens is 337 g/mol. The molecule has 3 aromatic rings. The maximum absolute atomic E-state index is 12.5. The van der Waals surface area contributed by atoms with Gasteiger partial charge in [-0.25, -0.2) is 0 Å². The minimum Gasteiger partial charge on any atom is -0.321 e. The van der Waals surface area contributed by atoms with Crippen molar-refractivity contribution >= 4 is 56.2 Å². The Morgan fingerprint density at radius 3 is 2.36 bits per heavy atom. The average molecular weight is 350 g/mol. The number of carbonyl (C=O) groups excluding carboxylic acids is 1. The molecule has 22 heavy (non-hydrogen) atoms. The van der Waals surface area contributed by atoms with E-state index in [2.05, 4.69) is 25.2 Å². The first kappa shape index (κ1) is 15.3. The molecule has 5 heteroatoms. The van der Waals surface area contributed by atoms with Crippen LogP contribution in [-0.2, 0) is 0 Å². The second-order valence-corrected chi connectivity index (χ2v) is 7.06. The van der Waals surface area contributed by atoms with Crippen molar-refractivity contribution in [1.82, 2.24) is 0 Å². The highest BCUT2D eigenvalue weighted by Crippen LogP contribution is 2.36. The van der Waals surface area contributed by atoms with E-state index in [-0.39, 0.29) is 5.91 Å². The molecule has 3 rings (SSSR count). The van der Waals surface area contributed by atoms with Crippen LogP contribution in [0, 0.1) is 13.8 Å². The molecule has 0 atom stereocenters. The van der Waals surface area contributed by atoms with Gasteiger partial charge in [0.1, 0.15) is 0 Å². The van der Waals surface area contributed by atoms with Crippen molar-refractivity contribution in [1.29, 1.82) is 0 Å². The summed E-state index contributed by atoms with van der Waals surface area (Å²) in [5.74, 6) is -0.299. The van der Waals surface area contributed by atoms with Gasteiger partial charge in [0.25, 0.3) is 5.91 Å². The third kappa shape index (κ3) is 2.60. The molecule has 112 valence electrons. The predicted octanol–water partition coefficient (Wildman–Crippen LogP) is 6.08. The first-order chi connectivity index (χ1) is 10.5. The van der Waals surface area contributed by atoms with E-state index in [1.165, 1.54) is 10.4 Å². The molecule has 0 saturated heterocycles. The number of rotatable bonds is 2. The maximum Gasteiger partial charge on any atom is 0.258 e. The molecule has 1 amide bonds. The van der Waals surface area contributed by atoms with Crippen molar-refractivity contribution in [2.45, 2.75) is 13.8 Å². The zero-order chi connectivity index (χ0) is 15.9. The first-order valence-corrected chi connectivity index (χ1v) is 8.30.